The number of carbonyl (C=O) groups is 4. The Bertz CT molecular complexity index is 650. The van der Waals surface area contributed by atoms with Crippen molar-refractivity contribution in [3.05, 3.63) is 0 Å². The molecule has 1 N–H and O–H groups in total. The summed E-state index contributed by atoms with van der Waals surface area (Å²) < 4.78 is 20.7. The van der Waals surface area contributed by atoms with Crippen LogP contribution in [-0.4, -0.2) is 60.5 Å². The molecule has 0 saturated heterocycles. The minimum absolute atomic E-state index is 0.134. The fourth-order valence-corrected chi connectivity index (χ4v) is 4.29. The first kappa shape index (κ1) is 35.8. The number of rotatable bonds is 24. The molecule has 0 aromatic carbocycles. The summed E-state index contributed by atoms with van der Waals surface area (Å²) in [5, 5.41) is 9.32. The topological polar surface area (TPSA) is 125 Å². The molecular formula is C29H52O9. The molecule has 0 radical (unpaired) electrons. The molecule has 9 nitrogen and oxygen atoms in total. The lowest BCUT2D eigenvalue weighted by Crippen LogP contribution is -2.30. The zero-order valence-corrected chi connectivity index (χ0v) is 24.2. The monoisotopic (exact) mass is 544 g/mol. The number of hydrogen-bond donors (Lipinski definition) is 1. The smallest absolute Gasteiger partial charge is 0.310 e. The molecule has 0 bridgehead atoms. The van der Waals surface area contributed by atoms with E-state index in [9.17, 15) is 24.3 Å². The van der Waals surface area contributed by atoms with Gasteiger partial charge >= 0.3 is 23.9 Å². The second-order valence-electron chi connectivity index (χ2n) is 10.0. The summed E-state index contributed by atoms with van der Waals surface area (Å²) in [4.78, 5) is 46.2. The molecule has 0 fully saturated rings. The highest BCUT2D eigenvalue weighted by Crippen LogP contribution is 2.19. The van der Waals surface area contributed by atoms with Gasteiger partial charge in [-0.15, -0.1) is 0 Å². The molecule has 0 spiro atoms. The molecule has 0 aromatic heterocycles. The van der Waals surface area contributed by atoms with E-state index >= 15 is 0 Å². The van der Waals surface area contributed by atoms with Crippen molar-refractivity contribution in [2.45, 2.75) is 149 Å². The Hall–Kier alpha value is -2.16. The van der Waals surface area contributed by atoms with E-state index in [1.54, 1.807) is 0 Å². The Morgan fingerprint density at radius 1 is 0.579 bits per heavy atom. The Balaban J connectivity index is 4.37. The summed E-state index contributed by atoms with van der Waals surface area (Å²) >= 11 is 0. The minimum Gasteiger partial charge on any atom is -0.463 e. The molecule has 38 heavy (non-hydrogen) atoms. The fourth-order valence-electron chi connectivity index (χ4n) is 4.29. The summed E-state index contributed by atoms with van der Waals surface area (Å²) in [6, 6.07) is 0. The van der Waals surface area contributed by atoms with Crippen LogP contribution in [0.15, 0.2) is 0 Å². The van der Waals surface area contributed by atoms with Crippen LogP contribution in [0, 0.1) is 0 Å². The van der Waals surface area contributed by atoms with Crippen LogP contribution in [0.25, 0.3) is 0 Å². The summed E-state index contributed by atoms with van der Waals surface area (Å²) in [7, 11) is 0. The third-order valence-electron chi connectivity index (χ3n) is 6.22. The van der Waals surface area contributed by atoms with Crippen molar-refractivity contribution in [1.82, 2.24) is 0 Å². The average molecular weight is 545 g/mol. The van der Waals surface area contributed by atoms with Crippen LogP contribution in [0.5, 0.6) is 0 Å². The van der Waals surface area contributed by atoms with Gasteiger partial charge in [0.1, 0.15) is 18.8 Å². The maximum absolute atomic E-state index is 12.3. The molecule has 3 atom stereocenters. The Morgan fingerprint density at radius 2 is 1.03 bits per heavy atom. The maximum Gasteiger partial charge on any atom is 0.310 e. The van der Waals surface area contributed by atoms with E-state index in [2.05, 4.69) is 6.92 Å². The summed E-state index contributed by atoms with van der Waals surface area (Å²) in [6.45, 7) is 5.42. The van der Waals surface area contributed by atoms with Crippen LogP contribution < -0.4 is 0 Å². The third-order valence-corrected chi connectivity index (χ3v) is 6.22. The molecule has 0 saturated carbocycles. The molecule has 0 unspecified atom stereocenters. The Morgan fingerprint density at radius 3 is 1.50 bits per heavy atom. The van der Waals surface area contributed by atoms with E-state index in [0.717, 1.165) is 25.7 Å². The van der Waals surface area contributed by atoms with E-state index in [1.807, 2.05) is 0 Å². The zero-order valence-electron chi connectivity index (χ0n) is 24.2. The van der Waals surface area contributed by atoms with Gasteiger partial charge in [-0.05, 0) is 38.5 Å². The number of carbonyl (C=O) groups excluding carboxylic acids is 4. The fraction of sp³-hybridized carbons (Fsp3) is 0.862. The first-order valence-electron chi connectivity index (χ1n) is 14.5. The number of aliphatic hydroxyl groups is 1. The van der Waals surface area contributed by atoms with Gasteiger partial charge in [-0.1, -0.05) is 64.7 Å². The van der Waals surface area contributed by atoms with Gasteiger partial charge in [0.25, 0.3) is 0 Å². The van der Waals surface area contributed by atoms with E-state index in [1.165, 1.54) is 72.1 Å². The van der Waals surface area contributed by atoms with Gasteiger partial charge < -0.3 is 24.1 Å². The van der Waals surface area contributed by atoms with Crippen molar-refractivity contribution in [3.8, 4) is 0 Å². The SMILES string of the molecule is CCCCCCCCCCCC[C@H](CCCC[C@H](CC(=O)O[C@@H](CO)COC(C)=O)OC(C)=O)OC(C)=O. The van der Waals surface area contributed by atoms with E-state index in [0.29, 0.717) is 19.3 Å². The lowest BCUT2D eigenvalue weighted by Gasteiger charge is -2.20. The number of aliphatic hydroxyl groups excluding tert-OH is 1. The molecular weight excluding hydrogens is 492 g/mol. The number of unbranched alkanes of at least 4 members (excludes halogenated alkanes) is 10. The van der Waals surface area contributed by atoms with Crippen LogP contribution in [0.4, 0.5) is 0 Å². The molecule has 9 heteroatoms. The van der Waals surface area contributed by atoms with Gasteiger partial charge in [-0.3, -0.25) is 19.2 Å². The molecule has 0 amide bonds. The number of hydrogen-bond acceptors (Lipinski definition) is 9. The van der Waals surface area contributed by atoms with Crippen LogP contribution in [0.2, 0.25) is 0 Å². The van der Waals surface area contributed by atoms with Crippen molar-refractivity contribution in [2.75, 3.05) is 13.2 Å². The highest BCUT2D eigenvalue weighted by molar-refractivity contribution is 5.71. The Kier molecular flexibility index (Phi) is 22.6. The Labute approximate surface area is 229 Å². The summed E-state index contributed by atoms with van der Waals surface area (Å²) in [5.74, 6) is -1.98. The predicted octanol–water partition coefficient (Wildman–Crippen LogP) is 5.58. The lowest BCUT2D eigenvalue weighted by atomic mass is 10.0. The first-order valence-corrected chi connectivity index (χ1v) is 14.5. The third kappa shape index (κ3) is 23.0. The van der Waals surface area contributed by atoms with Gasteiger partial charge in [0, 0.05) is 20.8 Å². The molecule has 0 aliphatic rings. The van der Waals surface area contributed by atoms with Gasteiger partial charge in [-0.25, -0.2) is 0 Å². The van der Waals surface area contributed by atoms with Crippen LogP contribution in [0.3, 0.4) is 0 Å². The van der Waals surface area contributed by atoms with Crippen molar-refractivity contribution >= 4 is 23.9 Å². The molecule has 0 aromatic rings. The molecule has 222 valence electrons. The molecule has 0 aliphatic heterocycles. The minimum atomic E-state index is -0.973. The quantitative estimate of drug-likeness (QED) is 0.0941. The van der Waals surface area contributed by atoms with Gasteiger partial charge in [0.05, 0.1) is 13.0 Å². The lowest BCUT2D eigenvalue weighted by molar-refractivity contribution is -0.164. The average Bonchev–Trinajstić information content (AvgIpc) is 2.84. The molecule has 0 aliphatic carbocycles. The highest BCUT2D eigenvalue weighted by atomic mass is 16.6. The van der Waals surface area contributed by atoms with Crippen molar-refractivity contribution in [1.29, 1.82) is 0 Å². The van der Waals surface area contributed by atoms with Crippen LogP contribution >= 0.6 is 0 Å². The largest absolute Gasteiger partial charge is 0.463 e. The van der Waals surface area contributed by atoms with Crippen LogP contribution in [-0.2, 0) is 38.1 Å². The van der Waals surface area contributed by atoms with Gasteiger partial charge in [0.2, 0.25) is 0 Å². The van der Waals surface area contributed by atoms with Crippen molar-refractivity contribution in [3.63, 3.8) is 0 Å². The van der Waals surface area contributed by atoms with Crippen LogP contribution in [0.1, 0.15) is 130 Å². The standard InChI is InChI=1S/C29H52O9/c1-5-6-7-8-9-10-11-12-13-14-17-26(36-24(3)32)18-15-16-19-27(37-25(4)33)20-29(34)38-28(21-30)22-35-23(2)31/h26-28,30H,5-22H2,1-4H3/t26-,27-,28+/m1/s1. The van der Waals surface area contributed by atoms with Crippen molar-refractivity contribution in [2.24, 2.45) is 0 Å². The zero-order chi connectivity index (χ0) is 28.6. The number of ether oxygens (including phenoxy) is 4. The van der Waals surface area contributed by atoms with Gasteiger partial charge in [-0.2, -0.15) is 0 Å². The summed E-state index contributed by atoms with van der Waals surface area (Å²) in [6.07, 6.45) is 14.0. The predicted molar refractivity (Wildman–Crippen MR) is 144 cm³/mol. The van der Waals surface area contributed by atoms with E-state index in [-0.39, 0.29) is 25.1 Å². The normalized spacial score (nSPS) is 13.3. The maximum atomic E-state index is 12.3. The van der Waals surface area contributed by atoms with Crippen molar-refractivity contribution < 1.29 is 43.2 Å². The molecule has 0 heterocycles. The highest BCUT2D eigenvalue weighted by Gasteiger charge is 2.22. The van der Waals surface area contributed by atoms with Gasteiger partial charge in [0.15, 0.2) is 6.10 Å². The first-order chi connectivity index (χ1) is 18.2. The second-order valence-corrected chi connectivity index (χ2v) is 10.0. The van der Waals surface area contributed by atoms with E-state index in [4.69, 9.17) is 18.9 Å². The van der Waals surface area contributed by atoms with E-state index < -0.39 is 36.7 Å². The number of esters is 4. The second kappa shape index (κ2) is 23.9. The molecule has 0 rings (SSSR count). The summed E-state index contributed by atoms with van der Waals surface area (Å²) in [5.41, 5.74) is 0.